The molecule has 2 aromatic carbocycles. The number of carbonyl (C=O) groups is 1. The van der Waals surface area contributed by atoms with Crippen LogP contribution in [0.3, 0.4) is 0 Å². The van der Waals surface area contributed by atoms with Gasteiger partial charge in [-0.25, -0.2) is 9.78 Å². The molecule has 0 fully saturated rings. The Morgan fingerprint density at radius 3 is 2.65 bits per heavy atom. The number of carbonyl (C=O) groups excluding carboxylic acids is 1. The molecule has 0 aliphatic carbocycles. The molecule has 0 aliphatic heterocycles. The van der Waals surface area contributed by atoms with E-state index in [0.29, 0.717) is 28.4 Å². The highest BCUT2D eigenvalue weighted by Gasteiger charge is 2.12. The van der Waals surface area contributed by atoms with Crippen molar-refractivity contribution in [1.29, 1.82) is 5.26 Å². The maximum Gasteiger partial charge on any atom is 0.417 e. The molecule has 23 heavy (non-hydrogen) atoms. The smallest absolute Gasteiger partial charge is 0.409 e. The molecule has 0 saturated carbocycles. The molecule has 6 heteroatoms. The number of imidazole rings is 1. The van der Waals surface area contributed by atoms with Gasteiger partial charge < -0.3 is 9.72 Å². The minimum Gasteiger partial charge on any atom is -0.409 e. The van der Waals surface area contributed by atoms with E-state index < -0.39 is 6.09 Å². The van der Waals surface area contributed by atoms with E-state index in [1.165, 1.54) is 0 Å². The van der Waals surface area contributed by atoms with Gasteiger partial charge in [0.2, 0.25) is 0 Å². The molecule has 3 rings (SSSR count). The monoisotopic (exact) mass is 304 g/mol. The number of H-pyrrole nitrogens is 1. The summed E-state index contributed by atoms with van der Waals surface area (Å²) < 4.78 is 5.35. The summed E-state index contributed by atoms with van der Waals surface area (Å²) in [6.45, 7) is 0. The Balaban J connectivity index is 1.74. The molecule has 2 N–H and O–H groups in total. The van der Waals surface area contributed by atoms with Gasteiger partial charge in [-0.05, 0) is 36.4 Å². The largest absolute Gasteiger partial charge is 0.417 e. The van der Waals surface area contributed by atoms with Crippen molar-refractivity contribution in [3.63, 3.8) is 0 Å². The number of hydrogen-bond donors (Lipinski definition) is 2. The standard InChI is InChI=1S/C17H12N4O2/c18-11-12-5-7-13(8-6-12)21-17(22)23-15-4-2-1-3-14(15)16-19-9-10-20-16/h1-10H,(H,19,20)(H,21,22). The van der Waals surface area contributed by atoms with Crippen LogP contribution in [0, 0.1) is 11.3 Å². The number of aromatic amines is 1. The summed E-state index contributed by atoms with van der Waals surface area (Å²) in [4.78, 5) is 19.2. The van der Waals surface area contributed by atoms with Gasteiger partial charge in [-0.1, -0.05) is 12.1 Å². The van der Waals surface area contributed by atoms with Crippen molar-refractivity contribution >= 4 is 11.8 Å². The van der Waals surface area contributed by atoms with Gasteiger partial charge in [0, 0.05) is 18.1 Å². The Morgan fingerprint density at radius 1 is 1.17 bits per heavy atom. The first kappa shape index (κ1) is 14.4. The second kappa shape index (κ2) is 6.45. The molecule has 0 radical (unpaired) electrons. The third kappa shape index (κ3) is 3.36. The van der Waals surface area contributed by atoms with E-state index in [4.69, 9.17) is 10.00 Å². The second-order valence-corrected chi connectivity index (χ2v) is 4.64. The molecule has 112 valence electrons. The zero-order valence-electron chi connectivity index (χ0n) is 12.0. The third-order valence-electron chi connectivity index (χ3n) is 3.10. The third-order valence-corrected chi connectivity index (χ3v) is 3.10. The average Bonchev–Trinajstić information content (AvgIpc) is 3.10. The first-order valence-electron chi connectivity index (χ1n) is 6.84. The Labute approximate surface area is 132 Å². The first-order chi connectivity index (χ1) is 11.3. The van der Waals surface area contributed by atoms with Crippen molar-refractivity contribution in [2.45, 2.75) is 0 Å². The van der Waals surface area contributed by atoms with E-state index in [-0.39, 0.29) is 0 Å². The summed E-state index contributed by atoms with van der Waals surface area (Å²) in [5, 5.41) is 11.4. The van der Waals surface area contributed by atoms with Crippen LogP contribution < -0.4 is 10.1 Å². The van der Waals surface area contributed by atoms with Crippen molar-refractivity contribution in [1.82, 2.24) is 9.97 Å². The zero-order valence-corrected chi connectivity index (χ0v) is 12.0. The highest BCUT2D eigenvalue weighted by atomic mass is 16.6. The molecule has 0 unspecified atom stereocenters. The van der Waals surface area contributed by atoms with Crippen LogP contribution in [-0.4, -0.2) is 16.1 Å². The van der Waals surface area contributed by atoms with Crippen LogP contribution in [0.5, 0.6) is 5.75 Å². The maximum atomic E-state index is 12.0. The molecule has 1 aromatic heterocycles. The van der Waals surface area contributed by atoms with Gasteiger partial charge in [0.25, 0.3) is 0 Å². The molecule has 3 aromatic rings. The fourth-order valence-electron chi connectivity index (χ4n) is 2.04. The van der Waals surface area contributed by atoms with Crippen LogP contribution in [0.4, 0.5) is 10.5 Å². The van der Waals surface area contributed by atoms with E-state index in [0.717, 1.165) is 0 Å². The van der Waals surface area contributed by atoms with Crippen LogP contribution in [0.2, 0.25) is 0 Å². The number of amides is 1. The molecule has 0 aliphatic rings. The fourth-order valence-corrected chi connectivity index (χ4v) is 2.04. The topological polar surface area (TPSA) is 90.8 Å². The first-order valence-corrected chi connectivity index (χ1v) is 6.84. The lowest BCUT2D eigenvalue weighted by molar-refractivity contribution is 0.215. The number of benzene rings is 2. The van der Waals surface area contributed by atoms with Gasteiger partial charge in [0.15, 0.2) is 0 Å². The van der Waals surface area contributed by atoms with Crippen LogP contribution in [-0.2, 0) is 0 Å². The lowest BCUT2D eigenvalue weighted by Gasteiger charge is -2.09. The minimum atomic E-state index is -0.617. The number of hydrogen-bond acceptors (Lipinski definition) is 4. The van der Waals surface area contributed by atoms with Crippen LogP contribution in [0.1, 0.15) is 5.56 Å². The number of aromatic nitrogens is 2. The molecule has 1 heterocycles. The second-order valence-electron chi connectivity index (χ2n) is 4.64. The number of nitriles is 1. The number of nitrogens with one attached hydrogen (secondary N) is 2. The molecule has 0 atom stereocenters. The Bertz CT molecular complexity index is 849. The van der Waals surface area contributed by atoms with E-state index in [1.807, 2.05) is 18.2 Å². The van der Waals surface area contributed by atoms with Crippen LogP contribution >= 0.6 is 0 Å². The summed E-state index contributed by atoms with van der Waals surface area (Å²) in [7, 11) is 0. The van der Waals surface area contributed by atoms with E-state index >= 15 is 0 Å². The number of ether oxygens (including phenoxy) is 1. The quantitative estimate of drug-likeness (QED) is 0.774. The van der Waals surface area contributed by atoms with Crippen molar-refractivity contribution < 1.29 is 9.53 Å². The molecule has 1 amide bonds. The van der Waals surface area contributed by atoms with Gasteiger partial charge in [0.05, 0.1) is 17.2 Å². The van der Waals surface area contributed by atoms with Crippen molar-refractivity contribution in [3.05, 3.63) is 66.5 Å². The zero-order chi connectivity index (χ0) is 16.1. The Kier molecular flexibility index (Phi) is 4.03. The minimum absolute atomic E-state index is 0.397. The summed E-state index contributed by atoms with van der Waals surface area (Å²) in [5.41, 5.74) is 1.75. The predicted molar refractivity (Wildman–Crippen MR) is 84.8 cm³/mol. The summed E-state index contributed by atoms with van der Waals surface area (Å²) in [5.74, 6) is 1.01. The number of rotatable bonds is 3. The Hall–Kier alpha value is -3.59. The Morgan fingerprint density at radius 2 is 1.96 bits per heavy atom. The van der Waals surface area contributed by atoms with Gasteiger partial charge >= 0.3 is 6.09 Å². The van der Waals surface area contributed by atoms with E-state index in [9.17, 15) is 4.79 Å². The van der Waals surface area contributed by atoms with Crippen molar-refractivity contribution in [2.24, 2.45) is 0 Å². The summed E-state index contributed by atoms with van der Waals surface area (Å²) >= 11 is 0. The van der Waals surface area contributed by atoms with Crippen molar-refractivity contribution in [2.75, 3.05) is 5.32 Å². The lowest BCUT2D eigenvalue weighted by Crippen LogP contribution is -2.17. The van der Waals surface area contributed by atoms with Crippen LogP contribution in [0.25, 0.3) is 11.4 Å². The maximum absolute atomic E-state index is 12.0. The van der Waals surface area contributed by atoms with E-state index in [1.54, 1.807) is 48.8 Å². The van der Waals surface area contributed by atoms with E-state index in [2.05, 4.69) is 15.3 Å². The van der Waals surface area contributed by atoms with Gasteiger partial charge in [0.1, 0.15) is 11.6 Å². The lowest BCUT2D eigenvalue weighted by atomic mass is 10.2. The number of anilines is 1. The molecule has 6 nitrogen and oxygen atoms in total. The average molecular weight is 304 g/mol. The van der Waals surface area contributed by atoms with Crippen molar-refractivity contribution in [3.8, 4) is 23.2 Å². The molecule has 0 saturated heterocycles. The predicted octanol–water partition coefficient (Wildman–Crippen LogP) is 3.56. The number of nitrogens with zero attached hydrogens (tertiary/aromatic N) is 2. The van der Waals surface area contributed by atoms with Gasteiger partial charge in [-0.3, -0.25) is 5.32 Å². The molecule has 0 spiro atoms. The SMILES string of the molecule is N#Cc1ccc(NC(=O)Oc2ccccc2-c2ncc[nH]2)cc1. The summed E-state index contributed by atoms with van der Waals surface area (Å²) in [6, 6.07) is 15.6. The number of para-hydroxylation sites is 1. The summed E-state index contributed by atoms with van der Waals surface area (Å²) in [6.07, 6.45) is 2.71. The molecular weight excluding hydrogens is 292 g/mol. The fraction of sp³-hybridized carbons (Fsp3) is 0. The highest BCUT2D eigenvalue weighted by Crippen LogP contribution is 2.27. The normalized spacial score (nSPS) is 9.87. The molecule has 0 bridgehead atoms. The highest BCUT2D eigenvalue weighted by molar-refractivity contribution is 5.87. The molecular formula is C17H12N4O2. The van der Waals surface area contributed by atoms with Crippen LogP contribution in [0.15, 0.2) is 60.9 Å². The van der Waals surface area contributed by atoms with Gasteiger partial charge in [-0.2, -0.15) is 5.26 Å². The van der Waals surface area contributed by atoms with Gasteiger partial charge in [-0.15, -0.1) is 0 Å².